The summed E-state index contributed by atoms with van der Waals surface area (Å²) < 4.78 is 13.7. The van der Waals surface area contributed by atoms with Gasteiger partial charge in [0, 0.05) is 18.6 Å². The monoisotopic (exact) mass is 719 g/mol. The number of rotatable bonds is 18. The van der Waals surface area contributed by atoms with E-state index in [-0.39, 0.29) is 16.0 Å². The zero-order valence-corrected chi connectivity index (χ0v) is 36.9. The number of aliphatic hydroxyl groups is 2. The summed E-state index contributed by atoms with van der Waals surface area (Å²) in [5.41, 5.74) is 3.97. The van der Waals surface area contributed by atoms with Crippen LogP contribution in [0.2, 0.25) is 36.3 Å². The van der Waals surface area contributed by atoms with E-state index in [4.69, 9.17) is 8.85 Å². The molecule has 0 aromatic heterocycles. The molecule has 1 fully saturated rings. The molecule has 0 spiro atoms. The zero-order chi connectivity index (χ0) is 38.1. The van der Waals surface area contributed by atoms with Crippen molar-refractivity contribution in [1.82, 2.24) is 0 Å². The van der Waals surface area contributed by atoms with Crippen molar-refractivity contribution < 1.29 is 23.9 Å². The molecule has 0 aliphatic heterocycles. The lowest BCUT2D eigenvalue weighted by atomic mass is 9.53. The van der Waals surface area contributed by atoms with Crippen LogP contribution < -0.4 is 0 Å². The number of hydrogen-bond donors (Lipinski definition) is 2. The van der Waals surface area contributed by atoms with E-state index in [1.807, 2.05) is 20.8 Å². The van der Waals surface area contributed by atoms with Crippen LogP contribution in [0.5, 0.6) is 0 Å². The maximum Gasteiger partial charge on any atom is 0.192 e. The van der Waals surface area contributed by atoms with Crippen LogP contribution in [0.1, 0.15) is 141 Å². The molecule has 2 N–H and O–H groups in total. The van der Waals surface area contributed by atoms with Gasteiger partial charge in [-0.15, -0.1) is 0 Å². The van der Waals surface area contributed by atoms with Crippen LogP contribution in [0, 0.1) is 11.3 Å². The van der Waals surface area contributed by atoms with Gasteiger partial charge in [0.2, 0.25) is 0 Å². The summed E-state index contributed by atoms with van der Waals surface area (Å²) >= 11 is 0. The lowest BCUT2D eigenvalue weighted by molar-refractivity contribution is -0.144. The van der Waals surface area contributed by atoms with Crippen molar-refractivity contribution in [2.45, 2.75) is 189 Å². The highest BCUT2D eigenvalue weighted by molar-refractivity contribution is 6.74. The van der Waals surface area contributed by atoms with Crippen LogP contribution in [0.3, 0.4) is 0 Å². The van der Waals surface area contributed by atoms with Gasteiger partial charge in [-0.05, 0) is 153 Å². The van der Waals surface area contributed by atoms with Gasteiger partial charge in [-0.25, -0.2) is 0 Å². The third-order valence-corrected chi connectivity index (χ3v) is 21.5. The lowest BCUT2D eigenvalue weighted by Gasteiger charge is -2.56. The van der Waals surface area contributed by atoms with Gasteiger partial charge in [-0.3, -0.25) is 4.79 Å². The van der Waals surface area contributed by atoms with E-state index < -0.39 is 33.8 Å². The number of aldehydes is 1. The first kappa shape index (κ1) is 45.9. The van der Waals surface area contributed by atoms with Gasteiger partial charge in [0.15, 0.2) is 16.6 Å². The Labute approximate surface area is 305 Å². The van der Waals surface area contributed by atoms with Gasteiger partial charge >= 0.3 is 0 Å². The Hall–Kier alpha value is -1.10. The second-order valence-electron chi connectivity index (χ2n) is 18.7. The maximum absolute atomic E-state index is 12.5. The summed E-state index contributed by atoms with van der Waals surface area (Å²) in [4.78, 5) is 12.3. The Morgan fingerprint density at radius 3 is 2.02 bits per heavy atom. The van der Waals surface area contributed by atoms with Gasteiger partial charge in [-0.1, -0.05) is 76.5 Å². The molecule has 0 aromatic rings. The Kier molecular flexibility index (Phi) is 17.4. The standard InChI is InChI=1S/C42H78O5Si2/c1-32(2)20-17-21-33(3)24-25-38(44)34(4)22-18-27-42(31-47-49(15,16)40(9,10)11)37(23-19-29-46-48(13,14)39(6,7)8)36(35(5)30-43)26-28-41(42,12)45/h20,22,24,30,37-38,44-45H,17-19,21,23,25-29,31H2,1-16H3/b33-24+,34-22+,36-35-/t37-,38-,41+,42-/m1/s1. The molecule has 4 atom stereocenters. The second kappa shape index (κ2) is 18.6. The first-order valence-corrected chi connectivity index (χ1v) is 24.8. The Morgan fingerprint density at radius 2 is 1.49 bits per heavy atom. The van der Waals surface area contributed by atoms with Crippen LogP contribution in [0.25, 0.3) is 0 Å². The number of carbonyl (C=O) groups excluding carboxylic acids is 1. The normalized spacial score (nSPS) is 24.9. The number of aliphatic hydroxyl groups excluding tert-OH is 1. The van der Waals surface area contributed by atoms with Gasteiger partial charge < -0.3 is 19.1 Å². The van der Waals surface area contributed by atoms with Crippen LogP contribution in [-0.2, 0) is 13.6 Å². The topological polar surface area (TPSA) is 76.0 Å². The van der Waals surface area contributed by atoms with Crippen LogP contribution >= 0.6 is 0 Å². The largest absolute Gasteiger partial charge is 0.417 e. The number of hydrogen-bond acceptors (Lipinski definition) is 5. The molecule has 284 valence electrons. The zero-order valence-electron chi connectivity index (χ0n) is 34.9. The Balaban J connectivity index is 3.52. The summed E-state index contributed by atoms with van der Waals surface area (Å²) in [5, 5.41) is 23.7. The Bertz CT molecular complexity index is 1190. The predicted molar refractivity (Wildman–Crippen MR) is 216 cm³/mol. The van der Waals surface area contributed by atoms with Crippen molar-refractivity contribution in [1.29, 1.82) is 0 Å². The molecule has 7 heteroatoms. The first-order valence-electron chi connectivity index (χ1n) is 19.0. The molecule has 5 nitrogen and oxygen atoms in total. The fourth-order valence-corrected chi connectivity index (χ4v) is 8.66. The van der Waals surface area contributed by atoms with Gasteiger partial charge in [0.05, 0.1) is 11.7 Å². The molecule has 0 saturated heterocycles. The van der Waals surface area contributed by atoms with Crippen molar-refractivity contribution in [3.8, 4) is 0 Å². The fourth-order valence-electron chi connectivity index (χ4n) is 6.52. The van der Waals surface area contributed by atoms with E-state index in [0.717, 1.165) is 43.1 Å². The van der Waals surface area contributed by atoms with E-state index >= 15 is 0 Å². The minimum atomic E-state index is -2.17. The van der Waals surface area contributed by atoms with Gasteiger partial charge in [0.25, 0.3) is 0 Å². The highest BCUT2D eigenvalue weighted by Gasteiger charge is 2.56. The molecule has 0 amide bonds. The average Bonchev–Trinajstić information content (AvgIpc) is 2.96. The lowest BCUT2D eigenvalue weighted by Crippen LogP contribution is -2.59. The van der Waals surface area contributed by atoms with E-state index in [2.05, 4.69) is 107 Å². The Morgan fingerprint density at radius 1 is 0.918 bits per heavy atom. The molecule has 1 saturated carbocycles. The summed E-state index contributed by atoms with van der Waals surface area (Å²) in [6.45, 7) is 36.2. The van der Waals surface area contributed by atoms with Crippen molar-refractivity contribution in [3.05, 3.63) is 46.1 Å². The molecule has 0 aromatic carbocycles. The number of carbonyl (C=O) groups is 1. The first-order chi connectivity index (χ1) is 22.2. The molecule has 1 aliphatic carbocycles. The molecular weight excluding hydrogens is 641 g/mol. The van der Waals surface area contributed by atoms with Gasteiger partial charge in [0.1, 0.15) is 6.29 Å². The summed E-state index contributed by atoms with van der Waals surface area (Å²) in [6.07, 6.45) is 14.1. The molecular formula is C42H78O5Si2. The molecule has 0 radical (unpaired) electrons. The van der Waals surface area contributed by atoms with Crippen LogP contribution in [0.15, 0.2) is 46.1 Å². The molecule has 49 heavy (non-hydrogen) atoms. The highest BCUT2D eigenvalue weighted by Crippen LogP contribution is 2.56. The van der Waals surface area contributed by atoms with E-state index in [9.17, 15) is 15.0 Å². The summed E-state index contributed by atoms with van der Waals surface area (Å²) in [6, 6.07) is 0. The average molecular weight is 719 g/mol. The van der Waals surface area contributed by atoms with Gasteiger partial charge in [-0.2, -0.15) is 0 Å². The van der Waals surface area contributed by atoms with E-state index in [0.29, 0.717) is 45.3 Å². The molecule has 0 heterocycles. The van der Waals surface area contributed by atoms with Crippen molar-refractivity contribution in [2.24, 2.45) is 11.3 Å². The number of allylic oxidation sites excluding steroid dienone is 6. The molecule has 0 bridgehead atoms. The third-order valence-electron chi connectivity index (χ3n) is 12.5. The predicted octanol–water partition coefficient (Wildman–Crippen LogP) is 11.6. The van der Waals surface area contributed by atoms with Crippen molar-refractivity contribution >= 4 is 22.9 Å². The summed E-state index contributed by atoms with van der Waals surface area (Å²) in [5.74, 6) is -0.0146. The second-order valence-corrected chi connectivity index (χ2v) is 28.3. The van der Waals surface area contributed by atoms with E-state index in [1.165, 1.54) is 16.7 Å². The van der Waals surface area contributed by atoms with Crippen molar-refractivity contribution in [2.75, 3.05) is 13.2 Å². The molecule has 1 rings (SSSR count). The van der Waals surface area contributed by atoms with E-state index in [1.54, 1.807) is 0 Å². The summed E-state index contributed by atoms with van der Waals surface area (Å²) in [7, 11) is -4.07. The fraction of sp³-hybridized carbons (Fsp3) is 0.786. The quantitative estimate of drug-likeness (QED) is 0.0485. The van der Waals surface area contributed by atoms with Crippen LogP contribution in [-0.4, -0.2) is 58.1 Å². The SMILES string of the molecule is CC(C)=CCC/C(C)=C/C[C@@H](O)/C(C)=C/CC[C@@]1(CO[Si](C)(C)C(C)(C)C)[C@H](CCCO[Si](C)(C)C(C)(C)C)/C(=C(/C)C=O)CC[C@]1(C)O. The smallest absolute Gasteiger partial charge is 0.192 e. The van der Waals surface area contributed by atoms with Crippen molar-refractivity contribution in [3.63, 3.8) is 0 Å². The minimum absolute atomic E-state index is 0.0146. The molecule has 0 unspecified atom stereocenters. The maximum atomic E-state index is 12.5. The minimum Gasteiger partial charge on any atom is -0.417 e. The highest BCUT2D eigenvalue weighted by atomic mass is 28.4. The third kappa shape index (κ3) is 13.1. The van der Waals surface area contributed by atoms with Crippen LogP contribution in [0.4, 0.5) is 0 Å². The molecule has 1 aliphatic rings.